The van der Waals surface area contributed by atoms with Crippen LogP contribution >= 0.6 is 0 Å². The molecule has 5 N–H and O–H groups in total. The minimum Gasteiger partial charge on any atom is -0.478 e. The van der Waals surface area contributed by atoms with E-state index in [2.05, 4.69) is 16.0 Å². The number of hydrogen-bond acceptors (Lipinski definition) is 7. The van der Waals surface area contributed by atoms with Crippen molar-refractivity contribution in [2.45, 2.75) is 12.8 Å². The molecule has 1 aliphatic heterocycles. The number of hydrogen-bond donors (Lipinski definition) is 5. The molecule has 5 aromatic rings. The number of benzene rings is 5. The number of nitrogens with one attached hydrogen (secondary N) is 4. The fourth-order valence-electron chi connectivity index (χ4n) is 6.21. The van der Waals surface area contributed by atoms with Gasteiger partial charge in [0, 0.05) is 78.9 Å². The van der Waals surface area contributed by atoms with Crippen molar-refractivity contribution in [3.63, 3.8) is 0 Å². The molecule has 0 atom stereocenters. The van der Waals surface area contributed by atoms with Gasteiger partial charge < -0.3 is 25.2 Å². The topological polar surface area (TPSA) is 167 Å². The Balaban J connectivity index is 1.71. The molecule has 44 heavy (non-hydrogen) atoms. The number of amides is 3. The van der Waals surface area contributed by atoms with Crippen LogP contribution < -0.4 is 16.0 Å². The van der Waals surface area contributed by atoms with E-state index < -0.39 is 17.8 Å². The lowest BCUT2D eigenvalue weighted by Crippen LogP contribution is -2.34. The minimum atomic E-state index is -1.21. The molecule has 224 valence electrons. The Bertz CT molecular complexity index is 2010. The number of rotatable bonds is 11. The zero-order chi connectivity index (χ0) is 31.1. The van der Waals surface area contributed by atoms with Gasteiger partial charge in [-0.3, -0.25) is 25.1 Å². The molecule has 6 rings (SSSR count). The highest BCUT2D eigenvalue weighted by atomic mass is 16.5. The third kappa shape index (κ3) is 4.57. The number of carboxylic acid groups (broad SMARTS) is 1. The van der Waals surface area contributed by atoms with Gasteiger partial charge in [-0.1, -0.05) is 18.2 Å². The number of carboxylic acids is 1. The highest BCUT2D eigenvalue weighted by molar-refractivity contribution is 6.41. The van der Waals surface area contributed by atoms with E-state index in [0.717, 1.165) is 0 Å². The van der Waals surface area contributed by atoms with Crippen LogP contribution in [0.25, 0.3) is 43.1 Å². The highest BCUT2D eigenvalue weighted by Crippen LogP contribution is 2.45. The largest absolute Gasteiger partial charge is 0.478 e. The molecule has 0 fully saturated rings. The predicted molar refractivity (Wildman–Crippen MR) is 167 cm³/mol. The zero-order valence-corrected chi connectivity index (χ0v) is 24.2. The van der Waals surface area contributed by atoms with E-state index in [1.54, 1.807) is 50.6 Å². The molecule has 1 aliphatic rings. The van der Waals surface area contributed by atoms with Gasteiger partial charge in [0.2, 0.25) is 0 Å². The molecular weight excluding hydrogens is 564 g/mol. The summed E-state index contributed by atoms with van der Waals surface area (Å²) in [4.78, 5) is 52.1. The summed E-state index contributed by atoms with van der Waals surface area (Å²) in [5, 5.41) is 32.0. The first-order chi connectivity index (χ1) is 21.3. The first-order valence-corrected chi connectivity index (χ1v) is 14.2. The van der Waals surface area contributed by atoms with Gasteiger partial charge in [0.1, 0.15) is 5.84 Å². The fourth-order valence-corrected chi connectivity index (χ4v) is 6.21. The lowest BCUT2D eigenvalue weighted by atomic mass is 9.81. The van der Waals surface area contributed by atoms with Gasteiger partial charge >= 0.3 is 5.97 Å². The normalized spacial score (nSPS) is 12.8. The van der Waals surface area contributed by atoms with E-state index in [9.17, 15) is 24.3 Å². The summed E-state index contributed by atoms with van der Waals surface area (Å²) < 4.78 is 10.2. The third-order valence-corrected chi connectivity index (χ3v) is 8.10. The van der Waals surface area contributed by atoms with Crippen LogP contribution in [0.3, 0.4) is 0 Å². The van der Waals surface area contributed by atoms with Crippen molar-refractivity contribution in [3.8, 4) is 0 Å². The molecule has 0 aromatic heterocycles. The summed E-state index contributed by atoms with van der Waals surface area (Å²) in [5.41, 5.74) is 1.14. The number of ether oxygens (including phenoxy) is 2. The number of aromatic carboxylic acids is 1. The lowest BCUT2D eigenvalue weighted by molar-refractivity contribution is 0.0697. The first kappa shape index (κ1) is 29.0. The standard InChI is InChI=1S/C33H30N4O7/c1-43-13-3-11-35-29(34)22-15-23(33(41)42)25-18-7-10-21-26-20(31(39)37-32(21)40)9-5-16(24(18)26)17-6-8-19(27(22)28(17)25)30(38)36-12-4-14-44-2/h5-10,15H,3-4,11-14H2,1-2H3,(H2,34,35)(H,36,38)(H,41,42)(H,37,39,40). The van der Waals surface area contributed by atoms with Crippen molar-refractivity contribution in [1.29, 1.82) is 5.41 Å². The van der Waals surface area contributed by atoms with Gasteiger partial charge in [0.25, 0.3) is 17.7 Å². The Hall–Kier alpha value is -5.13. The van der Waals surface area contributed by atoms with Gasteiger partial charge in [-0.25, -0.2) is 4.79 Å². The van der Waals surface area contributed by atoms with Crippen LogP contribution in [0.1, 0.15) is 59.8 Å². The maximum atomic E-state index is 13.6. The van der Waals surface area contributed by atoms with Crippen molar-refractivity contribution < 1.29 is 33.8 Å². The molecule has 5 aromatic carbocycles. The van der Waals surface area contributed by atoms with Crippen molar-refractivity contribution in [1.82, 2.24) is 16.0 Å². The van der Waals surface area contributed by atoms with Crippen molar-refractivity contribution in [3.05, 3.63) is 70.3 Å². The van der Waals surface area contributed by atoms with E-state index >= 15 is 0 Å². The summed E-state index contributed by atoms with van der Waals surface area (Å²) in [6, 6.07) is 11.6. The van der Waals surface area contributed by atoms with Crippen LogP contribution in [0.2, 0.25) is 0 Å². The van der Waals surface area contributed by atoms with E-state index in [0.29, 0.717) is 98.9 Å². The third-order valence-electron chi connectivity index (χ3n) is 8.10. The van der Waals surface area contributed by atoms with Crippen LogP contribution in [0.4, 0.5) is 0 Å². The molecule has 0 unspecified atom stereocenters. The number of carbonyl (C=O) groups excluding carboxylic acids is 3. The van der Waals surface area contributed by atoms with Gasteiger partial charge in [0.15, 0.2) is 0 Å². The SMILES string of the molecule is COCCCNC(=N)c1cc(C(=O)O)c2c3ccc4c5c(ccc(c6ccc(C(=O)NCCCOC)c1c62)c53)C(=O)NC4=O. The Morgan fingerprint density at radius 2 is 1.32 bits per heavy atom. The van der Waals surface area contributed by atoms with E-state index in [-0.39, 0.29) is 22.9 Å². The summed E-state index contributed by atoms with van der Waals surface area (Å²) in [6.07, 6.45) is 1.22. The second kappa shape index (κ2) is 11.5. The van der Waals surface area contributed by atoms with Crippen LogP contribution in [0, 0.1) is 5.41 Å². The zero-order valence-electron chi connectivity index (χ0n) is 24.2. The first-order valence-electron chi connectivity index (χ1n) is 14.2. The smallest absolute Gasteiger partial charge is 0.336 e. The maximum absolute atomic E-state index is 13.6. The fraction of sp³-hybridized carbons (Fsp3) is 0.242. The summed E-state index contributed by atoms with van der Waals surface area (Å²) in [5.74, 6) is -2.66. The second-order valence-electron chi connectivity index (χ2n) is 10.7. The number of methoxy groups -OCH3 is 2. The molecule has 0 saturated heterocycles. The summed E-state index contributed by atoms with van der Waals surface area (Å²) >= 11 is 0. The Morgan fingerprint density at radius 1 is 0.727 bits per heavy atom. The predicted octanol–water partition coefficient (Wildman–Crippen LogP) is 4.04. The monoisotopic (exact) mass is 594 g/mol. The van der Waals surface area contributed by atoms with Crippen molar-refractivity contribution >= 4 is 72.6 Å². The van der Waals surface area contributed by atoms with E-state index in [4.69, 9.17) is 14.9 Å². The van der Waals surface area contributed by atoms with Crippen molar-refractivity contribution in [2.75, 3.05) is 40.5 Å². The lowest BCUT2D eigenvalue weighted by Gasteiger charge is -2.23. The Morgan fingerprint density at radius 3 is 1.95 bits per heavy atom. The Labute approximate surface area is 251 Å². The Kier molecular flexibility index (Phi) is 7.58. The van der Waals surface area contributed by atoms with E-state index in [1.807, 2.05) is 0 Å². The van der Waals surface area contributed by atoms with Gasteiger partial charge in [-0.15, -0.1) is 0 Å². The summed E-state index contributed by atoms with van der Waals surface area (Å²) in [6.45, 7) is 1.71. The second-order valence-corrected chi connectivity index (χ2v) is 10.7. The average molecular weight is 595 g/mol. The molecule has 0 bridgehead atoms. The van der Waals surface area contributed by atoms with Crippen LogP contribution in [0.5, 0.6) is 0 Å². The molecule has 1 heterocycles. The quantitative estimate of drug-likeness (QED) is 0.0382. The van der Waals surface area contributed by atoms with Gasteiger partial charge in [-0.2, -0.15) is 0 Å². The van der Waals surface area contributed by atoms with Crippen LogP contribution in [0.15, 0.2) is 42.5 Å². The molecule has 3 amide bonds. The van der Waals surface area contributed by atoms with Crippen LogP contribution in [-0.4, -0.2) is 75.2 Å². The number of fused-ring (bicyclic) bond motifs is 2. The molecule has 11 nitrogen and oxygen atoms in total. The number of imide groups is 1. The number of carbonyl (C=O) groups is 4. The van der Waals surface area contributed by atoms with Crippen LogP contribution in [-0.2, 0) is 9.47 Å². The molecule has 0 radical (unpaired) electrons. The molecule has 0 spiro atoms. The number of amidine groups is 1. The summed E-state index contributed by atoms with van der Waals surface area (Å²) in [7, 11) is 3.17. The molecular formula is C33H30N4O7. The average Bonchev–Trinajstić information content (AvgIpc) is 3.02. The minimum absolute atomic E-state index is 0.0287. The van der Waals surface area contributed by atoms with Gasteiger partial charge in [-0.05, 0) is 64.0 Å². The maximum Gasteiger partial charge on any atom is 0.336 e. The van der Waals surface area contributed by atoms with Crippen molar-refractivity contribution in [2.24, 2.45) is 0 Å². The molecule has 0 saturated carbocycles. The molecule has 0 aliphatic carbocycles. The highest BCUT2D eigenvalue weighted by Gasteiger charge is 2.30. The molecule has 11 heteroatoms. The van der Waals surface area contributed by atoms with E-state index in [1.165, 1.54) is 6.07 Å². The van der Waals surface area contributed by atoms with Gasteiger partial charge in [0.05, 0.1) is 5.56 Å².